The molecule has 1 heterocycles. The Morgan fingerprint density at radius 2 is 1.50 bits per heavy atom. The number of unbranched alkanes of at least 4 members (excludes halogenated alkanes) is 2. The van der Waals surface area contributed by atoms with E-state index in [4.69, 9.17) is 9.47 Å². The molecule has 34 heavy (non-hydrogen) atoms. The fourth-order valence-electron chi connectivity index (χ4n) is 4.27. The van der Waals surface area contributed by atoms with Gasteiger partial charge in [-0.3, -0.25) is 0 Å². The van der Waals surface area contributed by atoms with E-state index in [0.29, 0.717) is 41.9 Å². The standard InChI is InChI=1S/C29H29F3O2/c1-3-5-6-7-21-12-15-25(29(32)28(21)31)20-10-8-19(9-11-20)24-14-13-22(16-26(24)30)23-17-33-27(4-2)34-18-23/h4,8-16,23,27H,2-3,5-7,17-18H2,1H3. The second-order valence-electron chi connectivity index (χ2n) is 8.64. The smallest absolute Gasteiger partial charge is 0.176 e. The molecule has 0 atom stereocenters. The lowest BCUT2D eigenvalue weighted by Crippen LogP contribution is -2.29. The van der Waals surface area contributed by atoms with Crippen LogP contribution in [0.1, 0.15) is 43.2 Å². The fourth-order valence-corrected chi connectivity index (χ4v) is 4.27. The van der Waals surface area contributed by atoms with E-state index in [0.717, 1.165) is 24.8 Å². The molecule has 4 rings (SSSR count). The largest absolute Gasteiger partial charge is 0.348 e. The highest BCUT2D eigenvalue weighted by Crippen LogP contribution is 2.32. The van der Waals surface area contributed by atoms with Gasteiger partial charge in [-0.15, -0.1) is 0 Å². The van der Waals surface area contributed by atoms with Gasteiger partial charge >= 0.3 is 0 Å². The average molecular weight is 467 g/mol. The third kappa shape index (κ3) is 5.26. The summed E-state index contributed by atoms with van der Waals surface area (Å²) in [5.41, 5.74) is 3.06. The Hall–Kier alpha value is -2.89. The molecule has 0 N–H and O–H groups in total. The van der Waals surface area contributed by atoms with E-state index in [1.165, 1.54) is 6.07 Å². The lowest BCUT2D eigenvalue weighted by Gasteiger charge is -2.28. The number of hydrogen-bond donors (Lipinski definition) is 0. The molecule has 0 aliphatic carbocycles. The Morgan fingerprint density at radius 3 is 2.12 bits per heavy atom. The number of benzene rings is 3. The summed E-state index contributed by atoms with van der Waals surface area (Å²) in [4.78, 5) is 0. The van der Waals surface area contributed by atoms with E-state index in [2.05, 4.69) is 13.5 Å². The Morgan fingerprint density at radius 1 is 0.853 bits per heavy atom. The summed E-state index contributed by atoms with van der Waals surface area (Å²) < 4.78 is 55.3. The monoisotopic (exact) mass is 466 g/mol. The topological polar surface area (TPSA) is 18.5 Å². The van der Waals surface area contributed by atoms with Crippen LogP contribution in [0, 0.1) is 17.5 Å². The molecule has 5 heteroatoms. The first-order valence-corrected chi connectivity index (χ1v) is 11.7. The normalized spacial score (nSPS) is 18.1. The van der Waals surface area contributed by atoms with Crippen LogP contribution in [0.5, 0.6) is 0 Å². The Kier molecular flexibility index (Phi) is 7.86. The molecule has 3 aromatic carbocycles. The molecule has 1 aliphatic rings. The van der Waals surface area contributed by atoms with E-state index in [9.17, 15) is 13.2 Å². The third-order valence-corrected chi connectivity index (χ3v) is 6.30. The lowest BCUT2D eigenvalue weighted by molar-refractivity contribution is -0.159. The van der Waals surface area contributed by atoms with Gasteiger partial charge in [-0.2, -0.15) is 0 Å². The SMILES string of the molecule is C=CC1OCC(c2ccc(-c3ccc(-c4ccc(CCCCC)c(F)c4F)cc3)c(F)c2)CO1. The molecule has 0 radical (unpaired) electrons. The van der Waals surface area contributed by atoms with Gasteiger partial charge in [0.25, 0.3) is 0 Å². The number of ether oxygens (including phenoxy) is 2. The minimum absolute atomic E-state index is 0.0510. The number of rotatable bonds is 8. The van der Waals surface area contributed by atoms with Crippen molar-refractivity contribution in [3.8, 4) is 22.3 Å². The maximum atomic E-state index is 14.9. The zero-order chi connectivity index (χ0) is 24.1. The maximum absolute atomic E-state index is 14.9. The van der Waals surface area contributed by atoms with Crippen LogP contribution in [0.4, 0.5) is 13.2 Å². The highest BCUT2D eigenvalue weighted by molar-refractivity contribution is 5.71. The molecular formula is C29H29F3O2. The first-order chi connectivity index (χ1) is 16.5. The molecule has 0 amide bonds. The highest BCUT2D eigenvalue weighted by Gasteiger charge is 2.22. The molecular weight excluding hydrogens is 437 g/mol. The van der Waals surface area contributed by atoms with E-state index in [-0.39, 0.29) is 17.3 Å². The Balaban J connectivity index is 1.51. The maximum Gasteiger partial charge on any atom is 0.176 e. The van der Waals surface area contributed by atoms with Crippen molar-refractivity contribution in [1.29, 1.82) is 0 Å². The molecule has 0 unspecified atom stereocenters. The Labute approximate surface area is 199 Å². The summed E-state index contributed by atoms with van der Waals surface area (Å²) in [6, 6.07) is 15.2. The van der Waals surface area contributed by atoms with Crippen LogP contribution < -0.4 is 0 Å². The van der Waals surface area contributed by atoms with Crippen molar-refractivity contribution >= 4 is 0 Å². The fraction of sp³-hybridized carbons (Fsp3) is 0.310. The summed E-state index contributed by atoms with van der Waals surface area (Å²) >= 11 is 0. The molecule has 0 bridgehead atoms. The summed E-state index contributed by atoms with van der Waals surface area (Å²) in [6.45, 7) is 6.58. The van der Waals surface area contributed by atoms with Crippen molar-refractivity contribution < 1.29 is 22.6 Å². The van der Waals surface area contributed by atoms with Crippen LogP contribution in [0.2, 0.25) is 0 Å². The minimum Gasteiger partial charge on any atom is -0.348 e. The van der Waals surface area contributed by atoms with Crippen LogP contribution in [0.25, 0.3) is 22.3 Å². The van der Waals surface area contributed by atoms with Crippen LogP contribution in [0.15, 0.2) is 67.3 Å². The van der Waals surface area contributed by atoms with Crippen molar-refractivity contribution in [3.63, 3.8) is 0 Å². The second-order valence-corrected chi connectivity index (χ2v) is 8.64. The van der Waals surface area contributed by atoms with Gasteiger partial charge in [0.2, 0.25) is 0 Å². The van der Waals surface area contributed by atoms with Gasteiger partial charge in [0.05, 0.1) is 13.2 Å². The lowest BCUT2D eigenvalue weighted by atomic mass is 9.94. The van der Waals surface area contributed by atoms with Gasteiger partial charge in [-0.25, -0.2) is 13.2 Å². The van der Waals surface area contributed by atoms with E-state index in [1.54, 1.807) is 48.5 Å². The third-order valence-electron chi connectivity index (χ3n) is 6.30. The van der Waals surface area contributed by atoms with Gasteiger partial charge in [-0.1, -0.05) is 74.9 Å². The van der Waals surface area contributed by atoms with Crippen LogP contribution in [-0.2, 0) is 15.9 Å². The van der Waals surface area contributed by atoms with Crippen molar-refractivity contribution in [2.24, 2.45) is 0 Å². The molecule has 1 aliphatic heterocycles. The molecule has 1 saturated heterocycles. The number of hydrogen-bond acceptors (Lipinski definition) is 2. The van der Waals surface area contributed by atoms with Crippen molar-refractivity contribution in [2.75, 3.05) is 13.2 Å². The molecule has 178 valence electrons. The summed E-state index contributed by atoms with van der Waals surface area (Å²) in [5.74, 6) is -2.03. The number of halogens is 3. The second kappa shape index (κ2) is 11.0. The molecule has 0 aromatic heterocycles. The van der Waals surface area contributed by atoms with Gasteiger partial charge in [0.15, 0.2) is 17.9 Å². The average Bonchev–Trinajstić information content (AvgIpc) is 2.87. The Bertz CT molecular complexity index is 1130. The van der Waals surface area contributed by atoms with Crippen LogP contribution in [-0.4, -0.2) is 19.5 Å². The first kappa shape index (κ1) is 24.2. The van der Waals surface area contributed by atoms with Crippen molar-refractivity contribution in [3.05, 3.63) is 95.8 Å². The van der Waals surface area contributed by atoms with Crippen molar-refractivity contribution in [2.45, 2.75) is 44.8 Å². The zero-order valence-electron chi connectivity index (χ0n) is 19.3. The van der Waals surface area contributed by atoms with Gasteiger partial charge in [0, 0.05) is 17.0 Å². The summed E-state index contributed by atoms with van der Waals surface area (Å²) in [7, 11) is 0. The molecule has 2 nitrogen and oxygen atoms in total. The quantitative estimate of drug-likeness (QED) is 0.249. The predicted molar refractivity (Wildman–Crippen MR) is 129 cm³/mol. The van der Waals surface area contributed by atoms with Crippen LogP contribution >= 0.6 is 0 Å². The highest BCUT2D eigenvalue weighted by atomic mass is 19.2. The molecule has 0 spiro atoms. The van der Waals surface area contributed by atoms with E-state index >= 15 is 0 Å². The molecule has 0 saturated carbocycles. The van der Waals surface area contributed by atoms with Gasteiger partial charge in [0.1, 0.15) is 5.82 Å². The predicted octanol–water partition coefficient (Wildman–Crippen LogP) is 7.81. The number of aryl methyl sites for hydroxylation is 1. The zero-order valence-corrected chi connectivity index (χ0v) is 19.3. The molecule has 3 aromatic rings. The van der Waals surface area contributed by atoms with E-state index < -0.39 is 17.9 Å². The minimum atomic E-state index is -0.840. The summed E-state index contributed by atoms with van der Waals surface area (Å²) in [5, 5.41) is 0. The van der Waals surface area contributed by atoms with E-state index in [1.807, 2.05) is 6.07 Å². The van der Waals surface area contributed by atoms with Gasteiger partial charge in [-0.05, 0) is 47.2 Å². The van der Waals surface area contributed by atoms with Crippen molar-refractivity contribution in [1.82, 2.24) is 0 Å². The summed E-state index contributed by atoms with van der Waals surface area (Å²) in [6.07, 6.45) is 4.54. The first-order valence-electron chi connectivity index (χ1n) is 11.7. The van der Waals surface area contributed by atoms with Crippen LogP contribution in [0.3, 0.4) is 0 Å². The van der Waals surface area contributed by atoms with Gasteiger partial charge < -0.3 is 9.47 Å². The molecule has 1 fully saturated rings.